The van der Waals surface area contributed by atoms with Gasteiger partial charge in [-0.1, -0.05) is 0 Å². The molecule has 0 aromatic heterocycles. The third-order valence-electron chi connectivity index (χ3n) is 1.39. The van der Waals surface area contributed by atoms with E-state index in [9.17, 15) is 4.79 Å². The minimum absolute atomic E-state index is 0.308. The maximum Gasteiger partial charge on any atom is 0.296 e. The van der Waals surface area contributed by atoms with E-state index in [1.807, 2.05) is 13.8 Å². The van der Waals surface area contributed by atoms with Gasteiger partial charge in [-0.15, -0.1) is 0 Å². The Labute approximate surface area is 81.0 Å². The number of nitrogens with one attached hydrogen (secondary N) is 1. The summed E-state index contributed by atoms with van der Waals surface area (Å²) in [6.07, 6.45) is 0. The first-order chi connectivity index (χ1) is 5.52. The normalized spacial score (nSPS) is 10.0. The Morgan fingerprint density at radius 1 is 1.67 bits per heavy atom. The number of halogens is 1. The number of rotatable bonds is 3. The molecule has 0 aromatic carbocycles. The zero-order valence-electron chi connectivity index (χ0n) is 7.40. The van der Waals surface area contributed by atoms with Gasteiger partial charge in [-0.3, -0.25) is 4.79 Å². The van der Waals surface area contributed by atoms with Crippen LogP contribution >= 0.6 is 15.9 Å². The fourth-order valence-corrected chi connectivity index (χ4v) is 0.632. The van der Waals surface area contributed by atoms with Crippen molar-refractivity contribution in [3.63, 3.8) is 0 Å². The van der Waals surface area contributed by atoms with Crippen LogP contribution in [-0.2, 0) is 9.53 Å². The van der Waals surface area contributed by atoms with Gasteiger partial charge < -0.3 is 10.1 Å². The van der Waals surface area contributed by atoms with Crippen LogP contribution in [0, 0.1) is 10.8 Å². The zero-order chi connectivity index (χ0) is 9.61. The second-order valence-electron chi connectivity index (χ2n) is 2.87. The molecular weight excluding hydrogens is 222 g/mol. The lowest BCUT2D eigenvalue weighted by Gasteiger charge is -2.22. The molecule has 0 saturated heterocycles. The molecule has 0 saturated carbocycles. The van der Waals surface area contributed by atoms with E-state index in [4.69, 9.17) is 4.74 Å². The molecule has 0 aromatic rings. The van der Waals surface area contributed by atoms with Crippen LogP contribution in [-0.4, -0.2) is 25.2 Å². The summed E-state index contributed by atoms with van der Waals surface area (Å²) in [5.41, 5.74) is -0.344. The molecule has 0 aliphatic rings. The predicted molar refractivity (Wildman–Crippen MR) is 50.8 cm³/mol. The van der Waals surface area contributed by atoms with Crippen molar-refractivity contribution in [3.8, 4) is 10.8 Å². The molecule has 0 radical (unpaired) electrons. The van der Waals surface area contributed by atoms with Crippen molar-refractivity contribution in [2.24, 2.45) is 0 Å². The van der Waals surface area contributed by atoms with E-state index in [0.29, 0.717) is 6.54 Å². The van der Waals surface area contributed by atoms with Crippen molar-refractivity contribution < 1.29 is 9.53 Å². The largest absolute Gasteiger partial charge is 0.377 e. The molecule has 0 unspecified atom stereocenters. The summed E-state index contributed by atoms with van der Waals surface area (Å²) in [6, 6.07) is 0. The van der Waals surface area contributed by atoms with Gasteiger partial charge in [-0.2, -0.15) is 0 Å². The molecule has 0 aliphatic carbocycles. The van der Waals surface area contributed by atoms with Gasteiger partial charge in [0.05, 0.1) is 5.60 Å². The number of hydrogen-bond donors (Lipinski definition) is 1. The molecule has 12 heavy (non-hydrogen) atoms. The summed E-state index contributed by atoms with van der Waals surface area (Å²) < 4.78 is 5.09. The summed E-state index contributed by atoms with van der Waals surface area (Å²) in [5, 5.41) is 2.61. The van der Waals surface area contributed by atoms with Crippen molar-refractivity contribution in [2.75, 3.05) is 13.7 Å². The van der Waals surface area contributed by atoms with Gasteiger partial charge in [-0.05, 0) is 18.7 Å². The molecule has 0 heterocycles. The van der Waals surface area contributed by atoms with Crippen LogP contribution in [0.2, 0.25) is 0 Å². The van der Waals surface area contributed by atoms with Crippen LogP contribution in [0.25, 0.3) is 0 Å². The predicted octanol–water partition coefficient (Wildman–Crippen LogP) is 0.883. The fraction of sp³-hybridized carbons (Fsp3) is 0.625. The number of amides is 1. The summed E-state index contributed by atoms with van der Waals surface area (Å²) in [5.74, 6) is 1.99. The van der Waals surface area contributed by atoms with E-state index in [0.717, 1.165) is 0 Å². The zero-order valence-corrected chi connectivity index (χ0v) is 8.99. The smallest absolute Gasteiger partial charge is 0.296 e. The molecule has 68 valence electrons. The maximum absolute atomic E-state index is 10.8. The van der Waals surface area contributed by atoms with Crippen LogP contribution in [0.15, 0.2) is 0 Å². The quantitative estimate of drug-likeness (QED) is 0.736. The second-order valence-corrected chi connectivity index (χ2v) is 3.26. The van der Waals surface area contributed by atoms with Crippen LogP contribution in [0.3, 0.4) is 0 Å². The van der Waals surface area contributed by atoms with Gasteiger partial charge in [0.25, 0.3) is 5.91 Å². The van der Waals surface area contributed by atoms with Crippen molar-refractivity contribution in [1.29, 1.82) is 0 Å². The minimum atomic E-state index is -0.344. The van der Waals surface area contributed by atoms with E-state index in [1.54, 1.807) is 7.11 Å². The molecule has 1 N–H and O–H groups in total. The Morgan fingerprint density at radius 2 is 2.25 bits per heavy atom. The summed E-state index contributed by atoms with van der Waals surface area (Å²) in [7, 11) is 1.60. The molecule has 0 spiro atoms. The second kappa shape index (κ2) is 5.18. The molecule has 1 amide bonds. The monoisotopic (exact) mass is 233 g/mol. The van der Waals surface area contributed by atoms with Crippen molar-refractivity contribution in [3.05, 3.63) is 0 Å². The van der Waals surface area contributed by atoms with Gasteiger partial charge in [0, 0.05) is 35.5 Å². The minimum Gasteiger partial charge on any atom is -0.377 e. The average Bonchev–Trinajstić information content (AvgIpc) is 2.02. The lowest BCUT2D eigenvalue weighted by atomic mass is 10.1. The lowest BCUT2D eigenvalue weighted by Crippen LogP contribution is -2.39. The van der Waals surface area contributed by atoms with Gasteiger partial charge >= 0.3 is 0 Å². The molecule has 4 heteroatoms. The first-order valence-electron chi connectivity index (χ1n) is 3.46. The third kappa shape index (κ3) is 5.16. The van der Waals surface area contributed by atoms with Crippen molar-refractivity contribution in [2.45, 2.75) is 19.4 Å². The highest BCUT2D eigenvalue weighted by Gasteiger charge is 2.16. The Morgan fingerprint density at radius 3 is 2.67 bits per heavy atom. The highest BCUT2D eigenvalue weighted by molar-refractivity contribution is 9.12. The highest BCUT2D eigenvalue weighted by atomic mass is 79.9. The molecule has 3 nitrogen and oxygen atoms in total. The number of carbonyl (C=O) groups is 1. The SMILES string of the molecule is COC(C)(C)CNC(=O)C#CBr. The van der Waals surface area contributed by atoms with Crippen LogP contribution < -0.4 is 5.32 Å². The fourth-order valence-electron chi connectivity index (χ4n) is 0.452. The van der Waals surface area contributed by atoms with Crippen molar-refractivity contribution >= 4 is 21.8 Å². The van der Waals surface area contributed by atoms with E-state index in [2.05, 4.69) is 32.0 Å². The molecule has 0 fully saturated rings. The Balaban J connectivity index is 3.80. The van der Waals surface area contributed by atoms with Crippen LogP contribution in [0.5, 0.6) is 0 Å². The Hall–Kier alpha value is -0.530. The molecule has 0 rings (SSSR count). The standard InChI is InChI=1S/C8H12BrNO2/c1-8(2,12-3)6-10-7(11)4-5-9/h6H2,1-3H3,(H,10,11). The van der Waals surface area contributed by atoms with Gasteiger partial charge in [0.2, 0.25) is 0 Å². The molecule has 0 bridgehead atoms. The van der Waals surface area contributed by atoms with E-state index >= 15 is 0 Å². The summed E-state index contributed by atoms with van der Waals surface area (Å²) >= 11 is 2.83. The number of carbonyl (C=O) groups excluding carboxylic acids is 1. The van der Waals surface area contributed by atoms with Crippen LogP contribution in [0.1, 0.15) is 13.8 Å². The third-order valence-corrected chi connectivity index (χ3v) is 1.59. The first-order valence-corrected chi connectivity index (χ1v) is 4.26. The topological polar surface area (TPSA) is 38.3 Å². The first kappa shape index (κ1) is 11.5. The molecule has 0 atom stereocenters. The van der Waals surface area contributed by atoms with Gasteiger partial charge in [-0.25, -0.2) is 0 Å². The molecular formula is C8H12BrNO2. The summed E-state index contributed by atoms with van der Waals surface area (Å²) in [4.78, 5) is 13.2. The maximum atomic E-state index is 10.8. The number of hydrogen-bond acceptors (Lipinski definition) is 2. The van der Waals surface area contributed by atoms with E-state index in [1.165, 1.54) is 0 Å². The lowest BCUT2D eigenvalue weighted by molar-refractivity contribution is -0.116. The Bertz CT molecular complexity index is 215. The number of methoxy groups -OCH3 is 1. The van der Waals surface area contributed by atoms with E-state index in [-0.39, 0.29) is 11.5 Å². The summed E-state index contributed by atoms with van der Waals surface area (Å²) in [6.45, 7) is 4.22. The Kier molecular flexibility index (Phi) is 4.95. The number of ether oxygens (including phenoxy) is 1. The van der Waals surface area contributed by atoms with Gasteiger partial charge in [0.15, 0.2) is 0 Å². The highest BCUT2D eigenvalue weighted by Crippen LogP contribution is 2.04. The van der Waals surface area contributed by atoms with Crippen LogP contribution in [0.4, 0.5) is 0 Å². The van der Waals surface area contributed by atoms with Crippen molar-refractivity contribution in [1.82, 2.24) is 5.32 Å². The van der Waals surface area contributed by atoms with Gasteiger partial charge in [0.1, 0.15) is 0 Å². The molecule has 0 aliphatic heterocycles. The van der Waals surface area contributed by atoms with E-state index < -0.39 is 0 Å². The average molecular weight is 234 g/mol.